The predicted octanol–water partition coefficient (Wildman–Crippen LogP) is 3.69. The maximum atomic E-state index is 12.3. The largest absolute Gasteiger partial charge is 0.342 e. The van der Waals surface area contributed by atoms with Crippen molar-refractivity contribution in [1.82, 2.24) is 14.3 Å². The molecule has 0 fully saturated rings. The third-order valence-corrected chi connectivity index (χ3v) is 3.38. The van der Waals surface area contributed by atoms with Gasteiger partial charge < -0.3 is 9.88 Å². The molecule has 1 N–H and O–H groups in total. The van der Waals surface area contributed by atoms with Crippen LogP contribution >= 0.6 is 15.9 Å². The van der Waals surface area contributed by atoms with Gasteiger partial charge in [-0.25, -0.2) is 0 Å². The summed E-state index contributed by atoms with van der Waals surface area (Å²) in [6, 6.07) is 2.11. The van der Waals surface area contributed by atoms with E-state index in [1.165, 1.54) is 0 Å². The van der Waals surface area contributed by atoms with Crippen molar-refractivity contribution in [3.8, 4) is 0 Å². The van der Waals surface area contributed by atoms with Gasteiger partial charge in [-0.05, 0) is 42.3 Å². The van der Waals surface area contributed by atoms with E-state index in [1.54, 1.807) is 6.20 Å². The van der Waals surface area contributed by atoms with Gasteiger partial charge in [0.25, 0.3) is 5.91 Å². The molecule has 0 bridgehead atoms. The quantitative estimate of drug-likeness (QED) is 0.903. The molecular formula is C14H19BrN4O. The number of hydrogen-bond acceptors (Lipinski definition) is 2. The Kier molecular flexibility index (Phi) is 4.65. The van der Waals surface area contributed by atoms with E-state index in [9.17, 15) is 4.79 Å². The second-order valence-electron chi connectivity index (χ2n) is 4.99. The number of amides is 1. The number of aryl methyl sites for hydroxylation is 1. The molecule has 5 nitrogen and oxygen atoms in total. The molecule has 2 heterocycles. The first-order valence-electron chi connectivity index (χ1n) is 6.72. The molecular weight excluding hydrogens is 320 g/mol. The lowest BCUT2D eigenvalue weighted by molar-refractivity contribution is 0.101. The second kappa shape index (κ2) is 6.26. The van der Waals surface area contributed by atoms with Gasteiger partial charge in [0.15, 0.2) is 0 Å². The third kappa shape index (κ3) is 3.30. The fourth-order valence-electron chi connectivity index (χ4n) is 1.97. The molecule has 0 aromatic carbocycles. The van der Waals surface area contributed by atoms with Gasteiger partial charge >= 0.3 is 0 Å². The van der Waals surface area contributed by atoms with E-state index in [1.807, 2.05) is 41.6 Å². The number of rotatable bonds is 5. The minimum atomic E-state index is -0.118. The van der Waals surface area contributed by atoms with Crippen LogP contribution in [0, 0.1) is 0 Å². The van der Waals surface area contributed by atoms with Gasteiger partial charge in [0.1, 0.15) is 5.69 Å². The standard InChI is InChI=1S/C14H19BrN4O/c1-4-5-18-8-11(15)6-13(18)14(20)17-12-7-16-19(9-12)10(2)3/h6-10H,4-5H2,1-3H3,(H,17,20). The maximum Gasteiger partial charge on any atom is 0.272 e. The van der Waals surface area contributed by atoms with Gasteiger partial charge in [0.2, 0.25) is 0 Å². The summed E-state index contributed by atoms with van der Waals surface area (Å²) in [5.41, 5.74) is 1.36. The molecule has 0 aliphatic rings. The normalized spacial score (nSPS) is 11.1. The molecule has 0 aliphatic carbocycles. The molecule has 2 aromatic rings. The number of nitrogens with one attached hydrogen (secondary N) is 1. The predicted molar refractivity (Wildman–Crippen MR) is 83.0 cm³/mol. The fourth-order valence-corrected chi connectivity index (χ4v) is 2.44. The Morgan fingerprint density at radius 2 is 2.20 bits per heavy atom. The van der Waals surface area contributed by atoms with Gasteiger partial charge in [0, 0.05) is 29.5 Å². The highest BCUT2D eigenvalue weighted by Crippen LogP contribution is 2.17. The summed E-state index contributed by atoms with van der Waals surface area (Å²) in [4.78, 5) is 12.3. The van der Waals surface area contributed by atoms with Crippen LogP contribution in [-0.4, -0.2) is 20.3 Å². The van der Waals surface area contributed by atoms with E-state index in [0.717, 1.165) is 17.4 Å². The van der Waals surface area contributed by atoms with Gasteiger partial charge in [-0.15, -0.1) is 0 Å². The molecule has 0 unspecified atom stereocenters. The van der Waals surface area contributed by atoms with E-state index >= 15 is 0 Å². The lowest BCUT2D eigenvalue weighted by Gasteiger charge is -2.07. The lowest BCUT2D eigenvalue weighted by atomic mass is 10.3. The summed E-state index contributed by atoms with van der Waals surface area (Å²) in [6.45, 7) is 6.99. The Balaban J connectivity index is 2.14. The van der Waals surface area contributed by atoms with Crippen LogP contribution in [0.4, 0.5) is 5.69 Å². The minimum Gasteiger partial charge on any atom is -0.342 e. The Labute approximate surface area is 127 Å². The first kappa shape index (κ1) is 14.8. The first-order valence-corrected chi connectivity index (χ1v) is 7.51. The van der Waals surface area contributed by atoms with Crippen molar-refractivity contribution in [1.29, 1.82) is 0 Å². The van der Waals surface area contributed by atoms with Crippen molar-refractivity contribution in [2.24, 2.45) is 0 Å². The highest BCUT2D eigenvalue weighted by Gasteiger charge is 2.14. The van der Waals surface area contributed by atoms with Crippen molar-refractivity contribution < 1.29 is 4.79 Å². The van der Waals surface area contributed by atoms with Crippen LogP contribution in [0.25, 0.3) is 0 Å². The van der Waals surface area contributed by atoms with Crippen LogP contribution in [0.5, 0.6) is 0 Å². The molecule has 0 aliphatic heterocycles. The average molecular weight is 339 g/mol. The number of hydrogen-bond donors (Lipinski definition) is 1. The van der Waals surface area contributed by atoms with Crippen molar-refractivity contribution in [3.05, 3.63) is 34.8 Å². The Hall–Kier alpha value is -1.56. The molecule has 6 heteroatoms. The summed E-state index contributed by atoms with van der Waals surface area (Å²) in [5, 5.41) is 7.09. The molecule has 2 rings (SSSR count). The van der Waals surface area contributed by atoms with Gasteiger partial charge in [-0.2, -0.15) is 5.10 Å². The molecule has 1 amide bonds. The number of aromatic nitrogens is 3. The van der Waals surface area contributed by atoms with E-state index < -0.39 is 0 Å². The highest BCUT2D eigenvalue weighted by atomic mass is 79.9. The zero-order chi connectivity index (χ0) is 14.7. The van der Waals surface area contributed by atoms with Crippen molar-refractivity contribution in [3.63, 3.8) is 0 Å². The van der Waals surface area contributed by atoms with Crippen LogP contribution in [0.15, 0.2) is 29.1 Å². The zero-order valence-corrected chi connectivity index (χ0v) is 13.5. The van der Waals surface area contributed by atoms with E-state index in [0.29, 0.717) is 11.4 Å². The van der Waals surface area contributed by atoms with Crippen LogP contribution < -0.4 is 5.32 Å². The summed E-state index contributed by atoms with van der Waals surface area (Å²) in [5.74, 6) is -0.118. The molecule has 0 saturated carbocycles. The lowest BCUT2D eigenvalue weighted by Crippen LogP contribution is -2.16. The number of halogens is 1. The molecule has 20 heavy (non-hydrogen) atoms. The molecule has 108 valence electrons. The third-order valence-electron chi connectivity index (χ3n) is 2.95. The molecule has 0 radical (unpaired) electrons. The SMILES string of the molecule is CCCn1cc(Br)cc1C(=O)Nc1cnn(C(C)C)c1. The Bertz CT molecular complexity index is 600. The van der Waals surface area contributed by atoms with Gasteiger partial charge in [0.05, 0.1) is 11.9 Å². The zero-order valence-electron chi connectivity index (χ0n) is 11.9. The van der Waals surface area contributed by atoms with Crippen molar-refractivity contribution in [2.75, 3.05) is 5.32 Å². The summed E-state index contributed by atoms with van der Waals surface area (Å²) < 4.78 is 4.68. The summed E-state index contributed by atoms with van der Waals surface area (Å²) in [7, 11) is 0. The molecule has 0 spiro atoms. The number of nitrogens with zero attached hydrogens (tertiary/aromatic N) is 3. The minimum absolute atomic E-state index is 0.118. The average Bonchev–Trinajstić information content (AvgIpc) is 2.97. The highest BCUT2D eigenvalue weighted by molar-refractivity contribution is 9.10. The van der Waals surface area contributed by atoms with E-state index in [4.69, 9.17) is 0 Å². The van der Waals surface area contributed by atoms with Crippen molar-refractivity contribution >= 4 is 27.5 Å². The number of carbonyl (C=O) groups excluding carboxylic acids is 1. The summed E-state index contributed by atoms with van der Waals surface area (Å²) >= 11 is 3.41. The van der Waals surface area contributed by atoms with Crippen molar-refractivity contribution in [2.45, 2.75) is 39.8 Å². The fraction of sp³-hybridized carbons (Fsp3) is 0.429. The summed E-state index contributed by atoms with van der Waals surface area (Å²) in [6.07, 6.45) is 6.41. The van der Waals surface area contributed by atoms with Gasteiger partial charge in [-0.1, -0.05) is 6.92 Å². The van der Waals surface area contributed by atoms with Gasteiger partial charge in [-0.3, -0.25) is 9.48 Å². The van der Waals surface area contributed by atoms with Crippen LogP contribution in [-0.2, 0) is 6.54 Å². The van der Waals surface area contributed by atoms with Crippen LogP contribution in [0.3, 0.4) is 0 Å². The van der Waals surface area contributed by atoms with E-state index in [2.05, 4.69) is 33.3 Å². The second-order valence-corrected chi connectivity index (χ2v) is 5.91. The topological polar surface area (TPSA) is 51.9 Å². The Morgan fingerprint density at radius 1 is 1.45 bits per heavy atom. The van der Waals surface area contributed by atoms with Crippen LogP contribution in [0.1, 0.15) is 43.7 Å². The molecule has 2 aromatic heterocycles. The van der Waals surface area contributed by atoms with E-state index in [-0.39, 0.29) is 11.9 Å². The molecule has 0 saturated heterocycles. The Morgan fingerprint density at radius 3 is 2.80 bits per heavy atom. The smallest absolute Gasteiger partial charge is 0.272 e. The molecule has 0 atom stereocenters. The maximum absolute atomic E-state index is 12.3. The number of anilines is 1. The monoisotopic (exact) mass is 338 g/mol. The van der Waals surface area contributed by atoms with Crippen LogP contribution in [0.2, 0.25) is 0 Å². The number of carbonyl (C=O) groups is 1. The first-order chi connectivity index (χ1) is 9.51.